The highest BCUT2D eigenvalue weighted by Crippen LogP contribution is 2.46. The maximum Gasteiger partial charge on any atom is 0.0462 e. The van der Waals surface area contributed by atoms with Crippen LogP contribution in [0.3, 0.4) is 0 Å². The van der Waals surface area contributed by atoms with E-state index in [1.165, 1.54) is 82.7 Å². The smallest absolute Gasteiger partial charge is 0.0462 e. The quantitative estimate of drug-likeness (QED) is 0.131. The van der Waals surface area contributed by atoms with Gasteiger partial charge in [0, 0.05) is 17.1 Å². The van der Waals surface area contributed by atoms with Crippen LogP contribution in [0.5, 0.6) is 0 Å². The fraction of sp³-hybridized carbons (Fsp3) is 0. The summed E-state index contributed by atoms with van der Waals surface area (Å²) in [7, 11) is 0. The lowest BCUT2D eigenvalue weighted by Gasteiger charge is -2.26. The fourth-order valence-corrected chi connectivity index (χ4v) is 9.20. The molecule has 0 aliphatic rings. The van der Waals surface area contributed by atoms with Gasteiger partial charge in [-0.3, -0.25) is 0 Å². The van der Waals surface area contributed by atoms with E-state index in [0.29, 0.717) is 0 Å². The second-order valence-electron chi connectivity index (χ2n) is 16.1. The lowest BCUT2D eigenvalue weighted by Crippen LogP contribution is -2.09. The van der Waals surface area contributed by atoms with Gasteiger partial charge in [0.05, 0.1) is 0 Å². The highest BCUT2D eigenvalue weighted by atomic mass is 15.1. The molecular formula is C62H43N. The normalized spacial score (nSPS) is 11.2. The van der Waals surface area contributed by atoms with Crippen LogP contribution < -0.4 is 4.90 Å². The van der Waals surface area contributed by atoms with Crippen LogP contribution in [-0.2, 0) is 0 Å². The molecule has 11 aromatic rings. The van der Waals surface area contributed by atoms with Crippen molar-refractivity contribution < 1.29 is 0 Å². The molecule has 0 amide bonds. The first kappa shape index (κ1) is 37.7. The number of hydrogen-bond donors (Lipinski definition) is 0. The molecule has 0 aliphatic carbocycles. The van der Waals surface area contributed by atoms with Gasteiger partial charge >= 0.3 is 0 Å². The topological polar surface area (TPSA) is 3.24 Å². The van der Waals surface area contributed by atoms with Gasteiger partial charge in [-0.2, -0.15) is 0 Å². The molecule has 0 aliphatic heterocycles. The van der Waals surface area contributed by atoms with Crippen LogP contribution in [0.2, 0.25) is 0 Å². The molecule has 0 spiro atoms. The molecule has 11 aromatic carbocycles. The van der Waals surface area contributed by atoms with E-state index in [-0.39, 0.29) is 0 Å². The molecular weight excluding hydrogens is 759 g/mol. The van der Waals surface area contributed by atoms with E-state index in [0.717, 1.165) is 22.6 Å². The van der Waals surface area contributed by atoms with Crippen molar-refractivity contribution in [2.45, 2.75) is 0 Å². The van der Waals surface area contributed by atoms with Crippen LogP contribution in [0.1, 0.15) is 0 Å². The molecule has 63 heavy (non-hydrogen) atoms. The summed E-state index contributed by atoms with van der Waals surface area (Å²) >= 11 is 0. The standard InChI is InChI=1S/C62H43N/c1-5-17-44(18-6-1)47-29-35-54(36-30-47)63(55-37-31-48(32-38-55)45-19-7-2-8-20-45)56-39-33-49(34-40-56)52-41-51(46-21-9-3-10-22-46)42-53(43-52)62-60-28-16-14-26-58(60)57-25-13-15-27-59(57)61(62)50-23-11-4-12-24-50/h1-43H. The third-order valence-electron chi connectivity index (χ3n) is 12.2. The van der Waals surface area contributed by atoms with Crippen LogP contribution in [0, 0.1) is 0 Å². The van der Waals surface area contributed by atoms with E-state index >= 15 is 0 Å². The molecule has 0 heterocycles. The third-order valence-corrected chi connectivity index (χ3v) is 12.2. The Morgan fingerprint density at radius 3 is 0.810 bits per heavy atom. The number of benzene rings is 11. The number of rotatable bonds is 9. The van der Waals surface area contributed by atoms with Crippen LogP contribution in [0.15, 0.2) is 261 Å². The number of fused-ring (bicyclic) bond motifs is 3. The summed E-state index contributed by atoms with van der Waals surface area (Å²) < 4.78 is 0. The molecule has 0 unspecified atom stereocenters. The lowest BCUT2D eigenvalue weighted by atomic mass is 9.83. The van der Waals surface area contributed by atoms with Crippen LogP contribution in [0.25, 0.3) is 88.3 Å². The van der Waals surface area contributed by atoms with Crippen molar-refractivity contribution in [3.8, 4) is 66.8 Å². The molecule has 296 valence electrons. The summed E-state index contributed by atoms with van der Waals surface area (Å²) in [6, 6.07) is 94.6. The maximum absolute atomic E-state index is 2.40. The van der Waals surface area contributed by atoms with Crippen LogP contribution in [-0.4, -0.2) is 0 Å². The molecule has 1 heteroatoms. The predicted octanol–water partition coefficient (Wildman–Crippen LogP) is 17.5. The van der Waals surface area contributed by atoms with Crippen molar-refractivity contribution in [1.29, 1.82) is 0 Å². The predicted molar refractivity (Wildman–Crippen MR) is 269 cm³/mol. The first-order valence-corrected chi connectivity index (χ1v) is 21.7. The molecule has 0 N–H and O–H groups in total. The first-order valence-electron chi connectivity index (χ1n) is 21.7. The number of hydrogen-bond acceptors (Lipinski definition) is 1. The Balaban J connectivity index is 1.06. The number of nitrogens with zero attached hydrogens (tertiary/aromatic N) is 1. The van der Waals surface area contributed by atoms with E-state index in [1.807, 2.05) is 0 Å². The van der Waals surface area contributed by atoms with Gasteiger partial charge in [0.15, 0.2) is 0 Å². The van der Waals surface area contributed by atoms with E-state index < -0.39 is 0 Å². The third kappa shape index (κ3) is 7.37. The molecule has 0 bridgehead atoms. The maximum atomic E-state index is 2.40. The van der Waals surface area contributed by atoms with E-state index in [1.54, 1.807) is 0 Å². The zero-order valence-corrected chi connectivity index (χ0v) is 34.8. The van der Waals surface area contributed by atoms with E-state index in [4.69, 9.17) is 0 Å². The van der Waals surface area contributed by atoms with Crippen molar-refractivity contribution in [2.75, 3.05) is 4.90 Å². The Bertz CT molecular complexity index is 3240. The Labute approximate surface area is 369 Å². The van der Waals surface area contributed by atoms with Crippen molar-refractivity contribution in [2.24, 2.45) is 0 Å². The highest BCUT2D eigenvalue weighted by molar-refractivity contribution is 6.21. The first-order chi connectivity index (χ1) is 31.2. The van der Waals surface area contributed by atoms with Gasteiger partial charge in [0.25, 0.3) is 0 Å². The highest BCUT2D eigenvalue weighted by Gasteiger charge is 2.20. The summed E-state index contributed by atoms with van der Waals surface area (Å²) in [5, 5.41) is 5.02. The van der Waals surface area contributed by atoms with Crippen molar-refractivity contribution in [1.82, 2.24) is 0 Å². The average molecular weight is 802 g/mol. The fourth-order valence-electron chi connectivity index (χ4n) is 9.20. The number of anilines is 3. The minimum Gasteiger partial charge on any atom is -0.311 e. The molecule has 0 atom stereocenters. The monoisotopic (exact) mass is 801 g/mol. The summed E-state index contributed by atoms with van der Waals surface area (Å²) in [6.07, 6.45) is 0. The van der Waals surface area contributed by atoms with Crippen molar-refractivity contribution in [3.63, 3.8) is 0 Å². The van der Waals surface area contributed by atoms with Crippen molar-refractivity contribution in [3.05, 3.63) is 261 Å². The molecule has 0 saturated carbocycles. The zero-order valence-electron chi connectivity index (χ0n) is 34.8. The van der Waals surface area contributed by atoms with Gasteiger partial charge in [0.1, 0.15) is 0 Å². The molecule has 0 saturated heterocycles. The van der Waals surface area contributed by atoms with Gasteiger partial charge in [-0.05, 0) is 143 Å². The zero-order chi connectivity index (χ0) is 42.0. The average Bonchev–Trinajstić information content (AvgIpc) is 3.37. The molecule has 1 nitrogen and oxygen atoms in total. The van der Waals surface area contributed by atoms with Crippen LogP contribution >= 0.6 is 0 Å². The second-order valence-corrected chi connectivity index (χ2v) is 16.1. The largest absolute Gasteiger partial charge is 0.311 e. The van der Waals surface area contributed by atoms with E-state index in [9.17, 15) is 0 Å². The lowest BCUT2D eigenvalue weighted by molar-refractivity contribution is 1.28. The minimum atomic E-state index is 1.09. The summed E-state index contributed by atoms with van der Waals surface area (Å²) in [6.45, 7) is 0. The summed E-state index contributed by atoms with van der Waals surface area (Å²) in [5.74, 6) is 0. The van der Waals surface area contributed by atoms with Gasteiger partial charge < -0.3 is 4.90 Å². The van der Waals surface area contributed by atoms with Gasteiger partial charge in [0.2, 0.25) is 0 Å². The minimum absolute atomic E-state index is 1.09. The molecule has 0 aromatic heterocycles. The summed E-state index contributed by atoms with van der Waals surface area (Å²) in [5.41, 5.74) is 17.7. The second kappa shape index (κ2) is 16.7. The van der Waals surface area contributed by atoms with Gasteiger partial charge in [-0.15, -0.1) is 0 Å². The van der Waals surface area contributed by atoms with E-state index in [2.05, 4.69) is 266 Å². The summed E-state index contributed by atoms with van der Waals surface area (Å²) in [4.78, 5) is 2.35. The molecule has 0 radical (unpaired) electrons. The molecule has 0 fully saturated rings. The van der Waals surface area contributed by atoms with Crippen molar-refractivity contribution >= 4 is 38.6 Å². The Morgan fingerprint density at radius 2 is 0.429 bits per heavy atom. The van der Waals surface area contributed by atoms with Crippen LogP contribution in [0.4, 0.5) is 17.1 Å². The molecule has 11 rings (SSSR count). The Morgan fingerprint density at radius 1 is 0.175 bits per heavy atom. The SMILES string of the molecule is c1ccc(-c2ccc(N(c3ccc(-c4ccccc4)cc3)c3ccc(-c4cc(-c5ccccc5)cc(-c5c(-c6ccccc6)c6ccccc6c6ccccc56)c4)cc3)cc2)cc1. The Hall–Kier alpha value is -8.26. The Kier molecular flexibility index (Phi) is 9.97. The van der Waals surface area contributed by atoms with Gasteiger partial charge in [-0.25, -0.2) is 0 Å². The van der Waals surface area contributed by atoms with Gasteiger partial charge in [-0.1, -0.05) is 206 Å².